The molecule has 176 valence electrons. The normalized spacial score (nSPS) is 16.8. The van der Waals surface area contributed by atoms with Crippen LogP contribution in [0.1, 0.15) is 47.5 Å². The van der Waals surface area contributed by atoms with Gasteiger partial charge in [0.05, 0.1) is 16.9 Å². The highest BCUT2D eigenvalue weighted by molar-refractivity contribution is 5.95. The average Bonchev–Trinajstić information content (AvgIpc) is 3.20. The molecule has 4 aromatic rings. The minimum absolute atomic E-state index is 0.539. The maximum Gasteiger partial charge on any atom is 0.0863 e. The van der Waals surface area contributed by atoms with Crippen molar-refractivity contribution >= 4 is 28.4 Å². The van der Waals surface area contributed by atoms with Gasteiger partial charge in [0.1, 0.15) is 0 Å². The van der Waals surface area contributed by atoms with Crippen LogP contribution in [0.25, 0.3) is 28.4 Å². The molecule has 0 amide bonds. The van der Waals surface area contributed by atoms with E-state index in [2.05, 4.69) is 95.0 Å². The van der Waals surface area contributed by atoms with Crippen molar-refractivity contribution in [1.82, 2.24) is 19.4 Å². The highest BCUT2D eigenvalue weighted by Crippen LogP contribution is 2.40. The van der Waals surface area contributed by atoms with E-state index < -0.39 is 0 Å². The Balaban J connectivity index is 0.000000313. The summed E-state index contributed by atoms with van der Waals surface area (Å²) in [7, 11) is 2.13. The van der Waals surface area contributed by atoms with E-state index in [9.17, 15) is 0 Å². The van der Waals surface area contributed by atoms with Crippen molar-refractivity contribution in [3.05, 3.63) is 113 Å². The first-order valence-corrected chi connectivity index (χ1v) is 12.3. The summed E-state index contributed by atoms with van der Waals surface area (Å²) in [6.45, 7) is 7.37. The van der Waals surface area contributed by atoms with Gasteiger partial charge in [0.25, 0.3) is 0 Å². The third kappa shape index (κ3) is 4.57. The van der Waals surface area contributed by atoms with Crippen LogP contribution in [0.2, 0.25) is 0 Å². The number of aryl methyl sites for hydroxylation is 2. The zero-order valence-electron chi connectivity index (χ0n) is 20.9. The molecular weight excluding hydrogens is 428 g/mol. The van der Waals surface area contributed by atoms with Crippen LogP contribution in [0.5, 0.6) is 0 Å². The van der Waals surface area contributed by atoms with Crippen LogP contribution in [0.4, 0.5) is 0 Å². The van der Waals surface area contributed by atoms with E-state index in [0.29, 0.717) is 5.92 Å². The van der Waals surface area contributed by atoms with Crippen molar-refractivity contribution in [2.24, 2.45) is 0 Å². The Hall–Kier alpha value is -3.92. The van der Waals surface area contributed by atoms with E-state index in [1.54, 1.807) is 6.20 Å². The first-order valence-electron chi connectivity index (χ1n) is 12.3. The molecule has 1 atom stereocenters. The molecule has 0 spiro atoms. The third-order valence-electron chi connectivity index (χ3n) is 6.73. The van der Waals surface area contributed by atoms with Crippen molar-refractivity contribution in [2.45, 2.75) is 33.1 Å². The molecule has 35 heavy (non-hydrogen) atoms. The fraction of sp³-hybridized carbons (Fsp3) is 0.226. The first-order chi connectivity index (χ1) is 17.0. The van der Waals surface area contributed by atoms with Crippen LogP contribution >= 0.6 is 0 Å². The lowest BCUT2D eigenvalue weighted by Crippen LogP contribution is -2.21. The summed E-state index contributed by atoms with van der Waals surface area (Å²) >= 11 is 0. The summed E-state index contributed by atoms with van der Waals surface area (Å²) < 4.78 is 2.44. The van der Waals surface area contributed by atoms with Gasteiger partial charge in [-0.15, -0.1) is 0 Å². The lowest BCUT2D eigenvalue weighted by Gasteiger charge is -2.27. The smallest absolute Gasteiger partial charge is 0.0863 e. The van der Waals surface area contributed by atoms with Gasteiger partial charge in [-0.25, -0.2) is 0 Å². The monoisotopic (exact) mass is 460 g/mol. The second kappa shape index (κ2) is 9.75. The number of aromatic nitrogens is 3. The van der Waals surface area contributed by atoms with Crippen LogP contribution in [-0.4, -0.2) is 33.0 Å². The minimum Gasteiger partial charge on any atom is -0.369 e. The van der Waals surface area contributed by atoms with Crippen LogP contribution in [0, 0.1) is 13.8 Å². The second-order valence-corrected chi connectivity index (χ2v) is 9.42. The molecule has 3 aromatic heterocycles. The van der Waals surface area contributed by atoms with Gasteiger partial charge in [-0.05, 0) is 86.4 Å². The van der Waals surface area contributed by atoms with Crippen LogP contribution in [0.15, 0.2) is 85.2 Å². The number of likely N-dealkylation sites (N-methyl/N-ethyl adjacent to an activating group) is 1. The molecule has 1 unspecified atom stereocenters. The molecule has 4 heteroatoms. The van der Waals surface area contributed by atoms with Crippen LogP contribution in [0.3, 0.4) is 0 Å². The molecule has 0 fully saturated rings. The first kappa shape index (κ1) is 22.9. The summed E-state index contributed by atoms with van der Waals surface area (Å²) in [4.78, 5) is 10.8. The van der Waals surface area contributed by atoms with E-state index >= 15 is 0 Å². The largest absolute Gasteiger partial charge is 0.369 e. The molecule has 4 nitrogen and oxygen atoms in total. The molecule has 4 heterocycles. The number of allylic oxidation sites excluding steroid dienone is 3. The maximum atomic E-state index is 4.58. The average molecular weight is 461 g/mol. The van der Waals surface area contributed by atoms with Gasteiger partial charge in [-0.2, -0.15) is 0 Å². The second-order valence-electron chi connectivity index (χ2n) is 9.42. The number of pyridine rings is 2. The van der Waals surface area contributed by atoms with E-state index in [4.69, 9.17) is 0 Å². The van der Waals surface area contributed by atoms with Gasteiger partial charge in [-0.1, -0.05) is 36.8 Å². The number of hydrogen-bond donors (Lipinski definition) is 0. The number of benzene rings is 1. The lowest BCUT2D eigenvalue weighted by atomic mass is 9.90. The van der Waals surface area contributed by atoms with Gasteiger partial charge < -0.3 is 9.47 Å². The Morgan fingerprint density at radius 3 is 2.43 bits per heavy atom. The topological polar surface area (TPSA) is 34.0 Å². The standard InChI is InChI=1S/C25H25N3.C6H7N/c1-17-10-11-22-20(15-17)25-18(2)7-6-9-23(25)28(22)19-12-14-27(3)24(16-19)21-8-4-5-13-26-21;1-6-4-2-3-5-7-6/h4-6,8-13,15-16,18H,7,14H2,1-3H3;2-5H,1H3. The van der Waals surface area contributed by atoms with Gasteiger partial charge in [0, 0.05) is 48.5 Å². The lowest BCUT2D eigenvalue weighted by molar-refractivity contribution is 0.529. The van der Waals surface area contributed by atoms with Gasteiger partial charge in [0.15, 0.2) is 0 Å². The van der Waals surface area contributed by atoms with Gasteiger partial charge in [-0.3, -0.25) is 9.97 Å². The number of rotatable bonds is 2. The highest BCUT2D eigenvalue weighted by Gasteiger charge is 2.25. The summed E-state index contributed by atoms with van der Waals surface area (Å²) in [5.41, 5.74) is 9.89. The zero-order valence-corrected chi connectivity index (χ0v) is 20.9. The van der Waals surface area contributed by atoms with E-state index in [-0.39, 0.29) is 0 Å². The minimum atomic E-state index is 0.539. The Morgan fingerprint density at radius 2 is 1.74 bits per heavy atom. The molecular formula is C31H32N4. The molecule has 0 radical (unpaired) electrons. The quantitative estimate of drug-likeness (QED) is 0.320. The molecule has 1 aliphatic carbocycles. The Kier molecular flexibility index (Phi) is 6.37. The number of nitrogens with zero attached hydrogens (tertiary/aromatic N) is 4. The van der Waals surface area contributed by atoms with Gasteiger partial charge in [0.2, 0.25) is 0 Å². The molecule has 6 rings (SSSR count). The third-order valence-corrected chi connectivity index (χ3v) is 6.73. The van der Waals surface area contributed by atoms with E-state index in [0.717, 1.165) is 30.1 Å². The van der Waals surface area contributed by atoms with Crippen molar-refractivity contribution in [3.8, 4) is 0 Å². The molecule has 2 aliphatic rings. The predicted octanol–water partition coefficient (Wildman–Crippen LogP) is 7.08. The maximum absolute atomic E-state index is 4.58. The molecule has 0 saturated carbocycles. The van der Waals surface area contributed by atoms with E-state index in [1.165, 1.54) is 33.4 Å². The number of hydrogen-bond acceptors (Lipinski definition) is 3. The Bertz CT molecular complexity index is 1430. The summed E-state index contributed by atoms with van der Waals surface area (Å²) in [5.74, 6) is 0.539. The molecule has 1 aliphatic heterocycles. The fourth-order valence-electron chi connectivity index (χ4n) is 4.94. The van der Waals surface area contributed by atoms with Crippen LogP contribution in [-0.2, 0) is 0 Å². The fourth-order valence-corrected chi connectivity index (χ4v) is 4.94. The molecule has 0 bridgehead atoms. The van der Waals surface area contributed by atoms with Crippen molar-refractivity contribution in [3.63, 3.8) is 0 Å². The Morgan fingerprint density at radius 1 is 0.943 bits per heavy atom. The molecule has 0 N–H and O–H groups in total. The van der Waals surface area contributed by atoms with Crippen molar-refractivity contribution in [2.75, 3.05) is 13.6 Å². The van der Waals surface area contributed by atoms with Crippen molar-refractivity contribution < 1.29 is 0 Å². The predicted molar refractivity (Wildman–Crippen MR) is 147 cm³/mol. The van der Waals surface area contributed by atoms with Crippen molar-refractivity contribution in [1.29, 1.82) is 0 Å². The van der Waals surface area contributed by atoms with Crippen LogP contribution < -0.4 is 0 Å². The Labute approximate surface area is 208 Å². The zero-order chi connectivity index (χ0) is 24.4. The summed E-state index contributed by atoms with van der Waals surface area (Å²) in [5, 5.41) is 1.39. The molecule has 1 aromatic carbocycles. The summed E-state index contributed by atoms with van der Waals surface area (Å²) in [6.07, 6.45) is 14.0. The number of fused-ring (bicyclic) bond motifs is 3. The highest BCUT2D eigenvalue weighted by atomic mass is 15.1. The summed E-state index contributed by atoms with van der Waals surface area (Å²) in [6, 6.07) is 18.8. The SMILES string of the molecule is Cc1ccc2c(c1)c1c(n2C2=CCN(C)C(c3ccccn3)=C2)C=CCC1C.Cc1ccccn1. The molecule has 0 saturated heterocycles. The van der Waals surface area contributed by atoms with E-state index in [1.807, 2.05) is 37.4 Å². The van der Waals surface area contributed by atoms with Gasteiger partial charge >= 0.3 is 0 Å².